The minimum absolute atomic E-state index is 0.149. The molecule has 3 rings (SSSR count). The maximum Gasteiger partial charge on any atom is 0.295 e. The van der Waals surface area contributed by atoms with Crippen LogP contribution >= 0.6 is 11.6 Å². The van der Waals surface area contributed by atoms with Gasteiger partial charge in [0.15, 0.2) is 18.0 Å². The van der Waals surface area contributed by atoms with Crippen LogP contribution in [0.25, 0.3) is 0 Å². The number of hydrogen-bond acceptors (Lipinski definition) is 4. The normalized spacial score (nSPS) is 19.6. The van der Waals surface area contributed by atoms with E-state index < -0.39 is 0 Å². The van der Waals surface area contributed by atoms with Gasteiger partial charge in [-0.1, -0.05) is 29.8 Å². The zero-order valence-corrected chi connectivity index (χ0v) is 16.2. The van der Waals surface area contributed by atoms with Crippen LogP contribution in [0.1, 0.15) is 11.1 Å². The van der Waals surface area contributed by atoms with Crippen molar-refractivity contribution in [2.75, 3.05) is 32.7 Å². The fourth-order valence-electron chi connectivity index (χ4n) is 3.29. The van der Waals surface area contributed by atoms with Crippen LogP contribution in [0.5, 0.6) is 11.5 Å². The van der Waals surface area contributed by atoms with Crippen molar-refractivity contribution in [1.29, 1.82) is 0 Å². The SMILES string of the molecule is O=C(C[NH+]1CC[NH+](Cc2ccccc2Cl)CC1)NN=Cc1ccc(O)c(O)c1. The van der Waals surface area contributed by atoms with Gasteiger partial charge in [-0.2, -0.15) is 5.10 Å². The predicted molar refractivity (Wildman–Crippen MR) is 107 cm³/mol. The maximum atomic E-state index is 12.1. The van der Waals surface area contributed by atoms with Gasteiger partial charge in [0.05, 0.1) is 6.21 Å². The Labute approximate surface area is 168 Å². The number of hydrazone groups is 1. The Morgan fingerprint density at radius 3 is 2.50 bits per heavy atom. The van der Waals surface area contributed by atoms with Crippen LogP contribution in [-0.2, 0) is 11.3 Å². The van der Waals surface area contributed by atoms with Crippen LogP contribution in [0.4, 0.5) is 0 Å². The van der Waals surface area contributed by atoms with Crippen molar-refractivity contribution in [3.8, 4) is 11.5 Å². The molecule has 28 heavy (non-hydrogen) atoms. The van der Waals surface area contributed by atoms with E-state index in [2.05, 4.69) is 16.6 Å². The lowest BCUT2D eigenvalue weighted by Gasteiger charge is -2.29. The molecule has 1 aliphatic heterocycles. The van der Waals surface area contributed by atoms with Crippen LogP contribution < -0.4 is 15.2 Å². The predicted octanol–water partition coefficient (Wildman–Crippen LogP) is -0.815. The number of piperazine rings is 1. The number of halogens is 1. The van der Waals surface area contributed by atoms with E-state index in [9.17, 15) is 15.0 Å². The van der Waals surface area contributed by atoms with Crippen LogP contribution in [0.15, 0.2) is 47.6 Å². The van der Waals surface area contributed by atoms with Gasteiger partial charge >= 0.3 is 0 Å². The fourth-order valence-corrected chi connectivity index (χ4v) is 3.49. The summed E-state index contributed by atoms with van der Waals surface area (Å²) in [5, 5.41) is 23.4. The molecule has 0 radical (unpaired) electrons. The first-order valence-corrected chi connectivity index (χ1v) is 9.63. The number of carbonyl (C=O) groups excluding carboxylic acids is 1. The second-order valence-electron chi connectivity index (χ2n) is 6.99. The highest BCUT2D eigenvalue weighted by Crippen LogP contribution is 2.23. The first kappa shape index (κ1) is 20.1. The van der Waals surface area contributed by atoms with E-state index in [1.807, 2.05) is 18.2 Å². The van der Waals surface area contributed by atoms with Gasteiger partial charge in [-0.05, 0) is 29.8 Å². The summed E-state index contributed by atoms with van der Waals surface area (Å²) < 4.78 is 0. The van der Waals surface area contributed by atoms with Gasteiger partial charge in [-0.3, -0.25) is 4.79 Å². The molecule has 1 aliphatic rings. The molecule has 1 saturated heterocycles. The molecule has 2 aromatic rings. The molecule has 0 unspecified atom stereocenters. The van der Waals surface area contributed by atoms with Crippen molar-refractivity contribution in [2.45, 2.75) is 6.54 Å². The molecular weight excluding hydrogens is 380 g/mol. The third-order valence-electron chi connectivity index (χ3n) is 4.88. The number of carbonyl (C=O) groups is 1. The summed E-state index contributed by atoms with van der Waals surface area (Å²) >= 11 is 6.24. The lowest BCUT2D eigenvalue weighted by molar-refractivity contribution is -1.02. The number of aromatic hydroxyl groups is 2. The Morgan fingerprint density at radius 1 is 1.07 bits per heavy atom. The van der Waals surface area contributed by atoms with Gasteiger partial charge in [0, 0.05) is 10.6 Å². The van der Waals surface area contributed by atoms with E-state index in [1.54, 1.807) is 6.07 Å². The lowest BCUT2D eigenvalue weighted by Crippen LogP contribution is -3.28. The zero-order valence-electron chi connectivity index (χ0n) is 15.5. The molecule has 148 valence electrons. The minimum Gasteiger partial charge on any atom is -0.504 e. The maximum absolute atomic E-state index is 12.1. The van der Waals surface area contributed by atoms with Crippen molar-refractivity contribution in [3.63, 3.8) is 0 Å². The first-order valence-electron chi connectivity index (χ1n) is 9.25. The minimum atomic E-state index is -0.225. The highest BCUT2D eigenvalue weighted by Gasteiger charge is 2.25. The highest BCUT2D eigenvalue weighted by molar-refractivity contribution is 6.31. The van der Waals surface area contributed by atoms with Gasteiger partial charge in [-0.25, -0.2) is 5.43 Å². The molecular formula is C20H25ClN4O3+2. The Bertz CT molecular complexity index is 851. The molecule has 2 aromatic carbocycles. The van der Waals surface area contributed by atoms with E-state index in [4.69, 9.17) is 11.6 Å². The largest absolute Gasteiger partial charge is 0.504 e. The Morgan fingerprint density at radius 2 is 1.79 bits per heavy atom. The number of phenols is 2. The molecule has 0 saturated carbocycles. The molecule has 7 nitrogen and oxygen atoms in total. The second kappa shape index (κ2) is 9.54. The van der Waals surface area contributed by atoms with Crippen molar-refractivity contribution in [3.05, 3.63) is 58.6 Å². The molecule has 0 aliphatic carbocycles. The monoisotopic (exact) mass is 404 g/mol. The molecule has 5 N–H and O–H groups in total. The standard InChI is InChI=1S/C20H23ClN4O3/c21-17-4-2-1-3-16(17)13-24-7-9-25(10-8-24)14-20(28)23-22-12-15-5-6-18(26)19(27)11-15/h1-6,11-12,26-27H,7-10,13-14H2,(H,23,28)/p+2. The molecule has 0 atom stereocenters. The van der Waals surface area contributed by atoms with Crippen molar-refractivity contribution in [1.82, 2.24) is 5.43 Å². The Balaban J connectivity index is 1.40. The summed E-state index contributed by atoms with van der Waals surface area (Å²) in [6.07, 6.45) is 1.43. The summed E-state index contributed by atoms with van der Waals surface area (Å²) in [7, 11) is 0. The molecule has 1 fully saturated rings. The molecule has 0 bridgehead atoms. The van der Waals surface area contributed by atoms with Gasteiger partial charge in [0.25, 0.3) is 5.91 Å². The number of quaternary nitrogens is 2. The second-order valence-corrected chi connectivity index (χ2v) is 7.39. The van der Waals surface area contributed by atoms with Crippen LogP contribution in [-0.4, -0.2) is 55.1 Å². The van der Waals surface area contributed by atoms with Gasteiger partial charge in [-0.15, -0.1) is 0 Å². The highest BCUT2D eigenvalue weighted by atomic mass is 35.5. The topological polar surface area (TPSA) is 90.8 Å². The first-order chi connectivity index (χ1) is 13.5. The van der Waals surface area contributed by atoms with Gasteiger partial charge in [0.2, 0.25) is 0 Å². The fraction of sp³-hybridized carbons (Fsp3) is 0.300. The van der Waals surface area contributed by atoms with Crippen LogP contribution in [0.3, 0.4) is 0 Å². The zero-order chi connectivity index (χ0) is 19.9. The van der Waals surface area contributed by atoms with E-state index in [0.717, 1.165) is 43.3 Å². The van der Waals surface area contributed by atoms with E-state index in [0.29, 0.717) is 12.1 Å². The van der Waals surface area contributed by atoms with E-state index >= 15 is 0 Å². The molecule has 8 heteroatoms. The van der Waals surface area contributed by atoms with Crippen LogP contribution in [0.2, 0.25) is 5.02 Å². The number of nitrogens with one attached hydrogen (secondary N) is 3. The summed E-state index contributed by atoms with van der Waals surface area (Å²) in [6, 6.07) is 12.3. The van der Waals surface area contributed by atoms with Crippen molar-refractivity contribution >= 4 is 23.7 Å². The average molecular weight is 405 g/mol. The number of phenolic OH excluding ortho intramolecular Hbond substituents is 2. The lowest BCUT2D eigenvalue weighted by atomic mass is 10.2. The van der Waals surface area contributed by atoms with Crippen molar-refractivity contribution in [2.24, 2.45) is 5.10 Å². The number of rotatable bonds is 6. The number of hydrogen-bond donors (Lipinski definition) is 5. The van der Waals surface area contributed by atoms with Crippen molar-refractivity contribution < 1.29 is 24.8 Å². The van der Waals surface area contributed by atoms with E-state index in [1.165, 1.54) is 28.1 Å². The Kier molecular flexibility index (Phi) is 6.86. The summed E-state index contributed by atoms with van der Waals surface area (Å²) in [5.74, 6) is -0.568. The number of amides is 1. The van der Waals surface area contributed by atoms with Gasteiger partial charge in [0.1, 0.15) is 32.7 Å². The average Bonchev–Trinajstić information content (AvgIpc) is 2.68. The van der Waals surface area contributed by atoms with Gasteiger partial charge < -0.3 is 20.0 Å². The van der Waals surface area contributed by atoms with E-state index in [-0.39, 0.29) is 17.4 Å². The third kappa shape index (κ3) is 5.69. The van der Waals surface area contributed by atoms with Crippen LogP contribution in [0, 0.1) is 0 Å². The third-order valence-corrected chi connectivity index (χ3v) is 5.24. The summed E-state index contributed by atoms with van der Waals surface area (Å²) in [6.45, 7) is 5.10. The number of nitrogens with zero attached hydrogens (tertiary/aromatic N) is 1. The Hall–Kier alpha value is -2.61. The molecule has 1 heterocycles. The molecule has 1 amide bonds. The summed E-state index contributed by atoms with van der Waals surface area (Å²) in [4.78, 5) is 14.8. The quantitative estimate of drug-likeness (QED) is 0.248. The molecule has 0 aromatic heterocycles. The smallest absolute Gasteiger partial charge is 0.295 e. The number of benzene rings is 2. The summed E-state index contributed by atoms with van der Waals surface area (Å²) in [5.41, 5.74) is 4.26. The molecule has 0 spiro atoms.